The quantitative estimate of drug-likeness (QED) is 0.172. The highest BCUT2D eigenvalue weighted by Gasteiger charge is 2.29. The molecule has 1 aliphatic heterocycles. The molecule has 1 fully saturated rings. The number of hydrogen-bond donors (Lipinski definition) is 0. The van der Waals surface area contributed by atoms with Gasteiger partial charge in [0.2, 0.25) is 0 Å². The van der Waals surface area contributed by atoms with Gasteiger partial charge >= 0.3 is 0 Å². The molecule has 0 radical (unpaired) electrons. The molecule has 0 N–H and O–H groups in total. The highest BCUT2D eigenvalue weighted by Crippen LogP contribution is 2.25. The lowest BCUT2D eigenvalue weighted by Crippen LogP contribution is -2.41. The maximum atomic E-state index is 13.6. The van der Waals surface area contributed by atoms with Crippen molar-refractivity contribution >= 4 is 58.9 Å². The molecule has 1 heterocycles. The van der Waals surface area contributed by atoms with Gasteiger partial charge in [0.25, 0.3) is 5.91 Å². The summed E-state index contributed by atoms with van der Waals surface area (Å²) in [5, 5.41) is 0.701. The first-order chi connectivity index (χ1) is 19.9. The number of halogens is 2. The first-order valence-electron chi connectivity index (χ1n) is 13.0. The average molecular weight is 578 g/mol. The Bertz CT molecular complexity index is 1630. The molecule has 1 saturated heterocycles. The zero-order valence-electron chi connectivity index (χ0n) is 22.0. The molecular weight excluding hydrogens is 553 g/mol. The summed E-state index contributed by atoms with van der Waals surface area (Å²) in [4.78, 5) is 41.2. The van der Waals surface area contributed by atoms with Crippen LogP contribution in [0.2, 0.25) is 10.0 Å². The highest BCUT2D eigenvalue weighted by molar-refractivity contribution is 6.42. The minimum atomic E-state index is -0.211. The van der Waals surface area contributed by atoms with Crippen LogP contribution in [0.1, 0.15) is 37.4 Å². The Morgan fingerprint density at radius 2 is 1.17 bits per heavy atom. The van der Waals surface area contributed by atoms with E-state index in [0.29, 0.717) is 32.3 Å². The first-order valence-corrected chi connectivity index (χ1v) is 13.8. The van der Waals surface area contributed by atoms with Crippen LogP contribution in [0.3, 0.4) is 0 Å². The van der Waals surface area contributed by atoms with Gasteiger partial charge in [-0.25, -0.2) is 0 Å². The van der Waals surface area contributed by atoms with E-state index in [1.807, 2.05) is 72.8 Å². The summed E-state index contributed by atoms with van der Waals surface area (Å²) in [5.41, 5.74) is 4.59. The number of allylic oxidation sites excluding steroid dienone is 1. The van der Waals surface area contributed by atoms with Crippen molar-refractivity contribution in [1.82, 2.24) is 4.90 Å². The third-order valence-electron chi connectivity index (χ3n) is 6.66. The van der Waals surface area contributed by atoms with Crippen molar-refractivity contribution in [3.8, 4) is 0 Å². The van der Waals surface area contributed by atoms with Gasteiger partial charge in [0.05, 0.1) is 23.1 Å². The van der Waals surface area contributed by atoms with E-state index in [4.69, 9.17) is 23.2 Å². The molecule has 0 spiro atoms. The van der Waals surface area contributed by atoms with Crippen LogP contribution in [-0.4, -0.2) is 35.5 Å². The number of piperidine rings is 1. The maximum Gasteiger partial charge on any atom is 0.254 e. The van der Waals surface area contributed by atoms with E-state index in [9.17, 15) is 14.4 Å². The number of amides is 1. The molecule has 0 aliphatic carbocycles. The number of carbonyl (C=O) groups is 3. The molecule has 0 bridgehead atoms. The molecule has 0 saturated carbocycles. The van der Waals surface area contributed by atoms with Crippen LogP contribution in [0.15, 0.2) is 120 Å². The van der Waals surface area contributed by atoms with Crippen LogP contribution in [-0.2, 0) is 4.79 Å². The lowest BCUT2D eigenvalue weighted by atomic mass is 9.93. The van der Waals surface area contributed by atoms with Crippen molar-refractivity contribution in [2.45, 2.75) is 0 Å². The van der Waals surface area contributed by atoms with Crippen molar-refractivity contribution in [3.05, 3.63) is 158 Å². The molecule has 4 nitrogen and oxygen atoms in total. The lowest BCUT2D eigenvalue weighted by Gasteiger charge is -2.30. The number of hydrogen-bond acceptors (Lipinski definition) is 3. The molecule has 202 valence electrons. The van der Waals surface area contributed by atoms with Crippen LogP contribution < -0.4 is 0 Å². The highest BCUT2D eigenvalue weighted by atomic mass is 35.5. The first kappa shape index (κ1) is 28.0. The second-order valence-corrected chi connectivity index (χ2v) is 10.4. The van der Waals surface area contributed by atoms with Crippen molar-refractivity contribution in [3.63, 3.8) is 0 Å². The summed E-state index contributed by atoms with van der Waals surface area (Å²) in [6.07, 6.45) is 6.83. The van der Waals surface area contributed by atoms with Crippen molar-refractivity contribution in [2.24, 2.45) is 0 Å². The van der Waals surface area contributed by atoms with E-state index in [1.165, 1.54) is 12.1 Å². The van der Waals surface area contributed by atoms with E-state index in [1.54, 1.807) is 47.4 Å². The molecule has 0 unspecified atom stereocenters. The van der Waals surface area contributed by atoms with Crippen molar-refractivity contribution < 1.29 is 14.4 Å². The van der Waals surface area contributed by atoms with E-state index in [0.717, 1.165) is 16.7 Å². The third kappa shape index (κ3) is 6.98. The Balaban J connectivity index is 1.36. The maximum absolute atomic E-state index is 13.6. The van der Waals surface area contributed by atoms with Gasteiger partial charge in [-0.05, 0) is 65.3 Å². The Morgan fingerprint density at radius 3 is 1.71 bits per heavy atom. The number of carbonyl (C=O) groups excluding carboxylic acids is 3. The number of rotatable bonds is 6. The number of benzene rings is 4. The summed E-state index contributed by atoms with van der Waals surface area (Å²) in [6, 6.07) is 31.0. The monoisotopic (exact) mass is 577 g/mol. The van der Waals surface area contributed by atoms with Crippen molar-refractivity contribution in [2.75, 3.05) is 13.1 Å². The molecule has 0 atom stereocenters. The fourth-order valence-electron chi connectivity index (χ4n) is 4.52. The van der Waals surface area contributed by atoms with E-state index < -0.39 is 0 Å². The molecule has 0 aromatic heterocycles. The summed E-state index contributed by atoms with van der Waals surface area (Å²) in [7, 11) is 0. The van der Waals surface area contributed by atoms with Crippen LogP contribution in [0, 0.1) is 0 Å². The number of likely N-dealkylation sites (tertiary alicyclic amines) is 1. The molecule has 6 heteroatoms. The predicted octanol–water partition coefficient (Wildman–Crippen LogP) is 8.08. The SMILES string of the molecule is O=C1/C(=C\c2ccccc2)CN(C(=O)c2ccc(/C=C/C(=O)c3ccc(Cl)c(Cl)c3)cc2)C/C1=C/c1ccccc1. The fourth-order valence-corrected chi connectivity index (χ4v) is 4.82. The second kappa shape index (κ2) is 12.8. The summed E-state index contributed by atoms with van der Waals surface area (Å²) in [6.45, 7) is 0.414. The number of nitrogens with zero attached hydrogens (tertiary/aromatic N) is 1. The fraction of sp³-hybridized carbons (Fsp3) is 0.0571. The van der Waals surface area contributed by atoms with Gasteiger partial charge in [0, 0.05) is 22.3 Å². The van der Waals surface area contributed by atoms with Gasteiger partial charge in [-0.15, -0.1) is 0 Å². The molecule has 4 aromatic rings. The van der Waals surface area contributed by atoms with Gasteiger partial charge in [0.15, 0.2) is 11.6 Å². The van der Waals surface area contributed by atoms with E-state index in [-0.39, 0.29) is 30.6 Å². The summed E-state index contributed by atoms with van der Waals surface area (Å²) >= 11 is 12.0. The number of Topliss-reactive ketones (excluding diaryl/α,β-unsaturated/α-hetero) is 1. The van der Waals surface area contributed by atoms with Crippen LogP contribution in [0.4, 0.5) is 0 Å². The molecule has 1 amide bonds. The minimum Gasteiger partial charge on any atom is -0.330 e. The van der Waals surface area contributed by atoms with Crippen LogP contribution in [0.25, 0.3) is 18.2 Å². The second-order valence-electron chi connectivity index (χ2n) is 9.60. The Labute approximate surface area is 248 Å². The molecule has 41 heavy (non-hydrogen) atoms. The molecule has 4 aromatic carbocycles. The van der Waals surface area contributed by atoms with Crippen molar-refractivity contribution in [1.29, 1.82) is 0 Å². The van der Waals surface area contributed by atoms with E-state index in [2.05, 4.69) is 0 Å². The van der Waals surface area contributed by atoms with E-state index >= 15 is 0 Å². The Hall–Kier alpha value is -4.51. The zero-order valence-corrected chi connectivity index (χ0v) is 23.5. The standard InChI is InChI=1S/C35H25Cl2NO3/c36-31-17-16-28(21-32(31)37)33(39)18-13-24-11-14-27(15-12-24)35(41)38-22-29(19-25-7-3-1-4-8-25)34(40)30(23-38)20-26-9-5-2-6-10-26/h1-21H,22-23H2/b18-13+,29-19-,30-20-. The minimum absolute atomic E-state index is 0.0612. The van der Waals surface area contributed by atoms with Gasteiger partial charge in [-0.3, -0.25) is 14.4 Å². The molecule has 1 aliphatic rings. The molecular formula is C35H25Cl2NO3. The lowest BCUT2D eigenvalue weighted by molar-refractivity contribution is -0.113. The average Bonchev–Trinajstić information content (AvgIpc) is 3.00. The van der Waals surface area contributed by atoms with Gasteiger partial charge in [0.1, 0.15) is 0 Å². The Kier molecular flexibility index (Phi) is 8.73. The topological polar surface area (TPSA) is 54.5 Å². The van der Waals surface area contributed by atoms with Gasteiger partial charge in [-0.2, -0.15) is 0 Å². The zero-order chi connectivity index (χ0) is 28.8. The van der Waals surface area contributed by atoms with Crippen LogP contribution >= 0.6 is 23.2 Å². The Morgan fingerprint density at radius 1 is 0.634 bits per heavy atom. The van der Waals surface area contributed by atoms with Crippen LogP contribution in [0.5, 0.6) is 0 Å². The number of ketones is 2. The van der Waals surface area contributed by atoms with Gasteiger partial charge < -0.3 is 4.90 Å². The largest absolute Gasteiger partial charge is 0.330 e. The summed E-state index contributed by atoms with van der Waals surface area (Å²) < 4.78 is 0. The normalized spacial score (nSPS) is 15.6. The smallest absolute Gasteiger partial charge is 0.254 e. The summed E-state index contributed by atoms with van der Waals surface area (Å²) in [5.74, 6) is -0.455. The molecule has 5 rings (SSSR count). The third-order valence-corrected chi connectivity index (χ3v) is 7.40. The predicted molar refractivity (Wildman–Crippen MR) is 166 cm³/mol. The van der Waals surface area contributed by atoms with Gasteiger partial charge in [-0.1, -0.05) is 102 Å².